The van der Waals surface area contributed by atoms with E-state index in [1.54, 1.807) is 0 Å². The second-order valence-electron chi connectivity index (χ2n) is 7.85. The highest BCUT2D eigenvalue weighted by Crippen LogP contribution is 2.34. The van der Waals surface area contributed by atoms with E-state index in [1.165, 1.54) is 32.1 Å². The number of aromatic nitrogens is 2. The third-order valence-electron chi connectivity index (χ3n) is 5.77. The number of hydrogen-bond donors (Lipinski definition) is 2. The Morgan fingerprint density at radius 1 is 1.18 bits per heavy atom. The van der Waals surface area contributed by atoms with Crippen LogP contribution in [0.4, 0.5) is 0 Å². The van der Waals surface area contributed by atoms with Crippen molar-refractivity contribution in [1.29, 1.82) is 0 Å². The molecule has 28 heavy (non-hydrogen) atoms. The predicted molar refractivity (Wildman–Crippen MR) is 110 cm³/mol. The quantitative estimate of drug-likeness (QED) is 0.397. The molecule has 0 spiro atoms. The molecule has 1 aromatic heterocycles. The zero-order valence-electron chi connectivity index (χ0n) is 17.5. The van der Waals surface area contributed by atoms with Crippen molar-refractivity contribution in [1.82, 2.24) is 25.7 Å². The Morgan fingerprint density at radius 3 is 2.64 bits per heavy atom. The van der Waals surface area contributed by atoms with Crippen LogP contribution < -0.4 is 10.6 Å². The minimum atomic E-state index is 0.200. The lowest BCUT2D eigenvalue weighted by Crippen LogP contribution is -2.56. The number of hydrogen-bond acceptors (Lipinski definition) is 6. The molecule has 8 nitrogen and oxygen atoms in total. The van der Waals surface area contributed by atoms with Crippen molar-refractivity contribution in [3.63, 3.8) is 0 Å². The van der Waals surface area contributed by atoms with Crippen LogP contribution in [0.1, 0.15) is 57.2 Å². The molecule has 0 amide bonds. The summed E-state index contributed by atoms with van der Waals surface area (Å²) in [5.41, 5.74) is 0.200. The molecule has 1 aliphatic heterocycles. The van der Waals surface area contributed by atoms with Crippen molar-refractivity contribution in [3.05, 3.63) is 11.7 Å². The second-order valence-corrected chi connectivity index (χ2v) is 7.85. The van der Waals surface area contributed by atoms with Crippen LogP contribution in [0.2, 0.25) is 0 Å². The van der Waals surface area contributed by atoms with E-state index in [-0.39, 0.29) is 5.54 Å². The van der Waals surface area contributed by atoms with E-state index in [4.69, 9.17) is 14.3 Å². The molecule has 8 heteroatoms. The third-order valence-corrected chi connectivity index (χ3v) is 5.77. The summed E-state index contributed by atoms with van der Waals surface area (Å²) in [4.78, 5) is 11.9. The van der Waals surface area contributed by atoms with Crippen molar-refractivity contribution in [2.24, 2.45) is 4.99 Å². The SMILES string of the molecule is CCNC(=NCC1(N2CCOCC2)CCCCC1)NCCCc1nc(C)no1. The lowest BCUT2D eigenvalue weighted by Gasteiger charge is -2.47. The van der Waals surface area contributed by atoms with Gasteiger partial charge in [-0.15, -0.1) is 0 Å². The molecule has 2 fully saturated rings. The fourth-order valence-corrected chi connectivity index (χ4v) is 4.28. The number of guanidine groups is 1. The van der Waals surface area contributed by atoms with E-state index >= 15 is 0 Å². The maximum Gasteiger partial charge on any atom is 0.226 e. The topological polar surface area (TPSA) is 87.8 Å². The van der Waals surface area contributed by atoms with Crippen LogP contribution in [0.3, 0.4) is 0 Å². The van der Waals surface area contributed by atoms with Gasteiger partial charge < -0.3 is 19.9 Å². The van der Waals surface area contributed by atoms with Gasteiger partial charge in [0.25, 0.3) is 0 Å². The van der Waals surface area contributed by atoms with Crippen molar-refractivity contribution in [3.8, 4) is 0 Å². The van der Waals surface area contributed by atoms with Gasteiger partial charge in [0.1, 0.15) is 0 Å². The highest BCUT2D eigenvalue weighted by atomic mass is 16.5. The highest BCUT2D eigenvalue weighted by molar-refractivity contribution is 5.79. The van der Waals surface area contributed by atoms with Gasteiger partial charge in [-0.05, 0) is 33.1 Å². The molecule has 2 N–H and O–H groups in total. The predicted octanol–water partition coefficient (Wildman–Crippen LogP) is 1.90. The van der Waals surface area contributed by atoms with Crippen LogP contribution in [-0.4, -0.2) is 72.5 Å². The van der Waals surface area contributed by atoms with E-state index in [2.05, 4.69) is 32.6 Å². The minimum Gasteiger partial charge on any atom is -0.379 e. The lowest BCUT2D eigenvalue weighted by atomic mass is 9.80. The number of aryl methyl sites for hydroxylation is 2. The maximum absolute atomic E-state index is 5.58. The summed E-state index contributed by atoms with van der Waals surface area (Å²) in [5, 5.41) is 10.7. The zero-order valence-corrected chi connectivity index (χ0v) is 17.5. The number of rotatable bonds is 8. The van der Waals surface area contributed by atoms with E-state index in [1.807, 2.05) is 6.92 Å². The molecule has 1 saturated carbocycles. The molecular weight excluding hydrogens is 356 g/mol. The first-order valence-electron chi connectivity index (χ1n) is 10.9. The van der Waals surface area contributed by atoms with E-state index < -0.39 is 0 Å². The molecule has 1 aromatic rings. The standard InChI is InChI=1S/C20H36N6O2/c1-3-21-19(22-11-7-8-18-24-17(2)25-28-18)23-16-20(9-5-4-6-10-20)26-12-14-27-15-13-26/h3-16H2,1-2H3,(H2,21,22,23). The van der Waals surface area contributed by atoms with Crippen LogP contribution >= 0.6 is 0 Å². The van der Waals surface area contributed by atoms with Gasteiger partial charge in [0.05, 0.1) is 19.8 Å². The maximum atomic E-state index is 5.58. The molecule has 2 aliphatic rings. The van der Waals surface area contributed by atoms with Crippen molar-refractivity contribution in [2.45, 2.75) is 64.3 Å². The Balaban J connectivity index is 1.54. The summed E-state index contributed by atoms with van der Waals surface area (Å²) in [6, 6.07) is 0. The van der Waals surface area contributed by atoms with Gasteiger partial charge in [-0.3, -0.25) is 9.89 Å². The molecule has 0 radical (unpaired) electrons. The highest BCUT2D eigenvalue weighted by Gasteiger charge is 2.38. The van der Waals surface area contributed by atoms with Gasteiger partial charge >= 0.3 is 0 Å². The Morgan fingerprint density at radius 2 is 1.96 bits per heavy atom. The van der Waals surface area contributed by atoms with E-state index in [0.717, 1.165) is 64.7 Å². The van der Waals surface area contributed by atoms with Crippen molar-refractivity contribution < 1.29 is 9.26 Å². The first-order chi connectivity index (χ1) is 13.7. The van der Waals surface area contributed by atoms with Gasteiger partial charge in [0, 0.05) is 38.1 Å². The molecule has 0 atom stereocenters. The van der Waals surface area contributed by atoms with Crippen LogP contribution in [-0.2, 0) is 11.2 Å². The summed E-state index contributed by atoms with van der Waals surface area (Å²) in [6.45, 7) is 10.2. The molecule has 0 unspecified atom stereocenters. The molecular formula is C20H36N6O2. The van der Waals surface area contributed by atoms with Crippen LogP contribution in [0.5, 0.6) is 0 Å². The smallest absolute Gasteiger partial charge is 0.226 e. The second kappa shape index (κ2) is 10.8. The monoisotopic (exact) mass is 392 g/mol. The molecule has 158 valence electrons. The number of nitrogens with one attached hydrogen (secondary N) is 2. The number of aliphatic imine (C=N–C) groups is 1. The van der Waals surface area contributed by atoms with Gasteiger partial charge in [0.2, 0.25) is 5.89 Å². The van der Waals surface area contributed by atoms with Crippen LogP contribution in [0, 0.1) is 6.92 Å². The Kier molecular flexibility index (Phi) is 8.09. The molecule has 1 aliphatic carbocycles. The number of ether oxygens (including phenoxy) is 1. The number of morpholine rings is 1. The van der Waals surface area contributed by atoms with Crippen molar-refractivity contribution >= 4 is 5.96 Å². The fraction of sp³-hybridized carbons (Fsp3) is 0.850. The third kappa shape index (κ3) is 5.91. The molecule has 3 rings (SSSR count). The average Bonchev–Trinajstić information content (AvgIpc) is 3.15. The van der Waals surface area contributed by atoms with Gasteiger partial charge in [-0.25, -0.2) is 0 Å². The first kappa shape index (κ1) is 21.0. The Hall–Kier alpha value is -1.67. The summed E-state index contributed by atoms with van der Waals surface area (Å²) in [6.07, 6.45) is 8.16. The lowest BCUT2D eigenvalue weighted by molar-refractivity contribution is -0.0333. The average molecular weight is 393 g/mol. The fourth-order valence-electron chi connectivity index (χ4n) is 4.28. The summed E-state index contributed by atoms with van der Waals surface area (Å²) < 4.78 is 10.8. The Bertz CT molecular complexity index is 606. The normalized spacial score (nSPS) is 20.9. The molecule has 0 bridgehead atoms. The van der Waals surface area contributed by atoms with E-state index in [0.29, 0.717) is 11.7 Å². The first-order valence-corrected chi connectivity index (χ1v) is 10.9. The van der Waals surface area contributed by atoms with Gasteiger partial charge in [-0.1, -0.05) is 24.4 Å². The molecule has 2 heterocycles. The molecule has 1 saturated heterocycles. The molecule has 0 aromatic carbocycles. The summed E-state index contributed by atoms with van der Waals surface area (Å²) in [7, 11) is 0. The summed E-state index contributed by atoms with van der Waals surface area (Å²) in [5.74, 6) is 2.30. The van der Waals surface area contributed by atoms with Crippen LogP contribution in [0.25, 0.3) is 0 Å². The largest absolute Gasteiger partial charge is 0.379 e. The van der Waals surface area contributed by atoms with Gasteiger partial charge in [-0.2, -0.15) is 4.98 Å². The zero-order chi connectivity index (χ0) is 19.7. The number of nitrogens with zero attached hydrogens (tertiary/aromatic N) is 4. The van der Waals surface area contributed by atoms with E-state index in [9.17, 15) is 0 Å². The van der Waals surface area contributed by atoms with Crippen molar-refractivity contribution in [2.75, 3.05) is 45.9 Å². The Labute approximate surface area is 168 Å². The minimum absolute atomic E-state index is 0.200. The van der Waals surface area contributed by atoms with Crippen LogP contribution in [0.15, 0.2) is 9.52 Å². The van der Waals surface area contributed by atoms with Gasteiger partial charge in [0.15, 0.2) is 11.8 Å². The summed E-state index contributed by atoms with van der Waals surface area (Å²) >= 11 is 0.